The quantitative estimate of drug-likeness (QED) is 0.0211. The predicted octanol–water partition coefficient (Wildman–Crippen LogP) is 15.7. The van der Waals surface area contributed by atoms with Gasteiger partial charge in [0.05, 0.1) is 27.7 Å². The number of phosphoric ester groups is 1. The molecule has 9 nitrogen and oxygen atoms in total. The minimum Gasteiger partial charge on any atom is -0.462 e. The molecule has 2 unspecified atom stereocenters. The number of hydrogen-bond acceptors (Lipinski definition) is 7. The van der Waals surface area contributed by atoms with Crippen molar-refractivity contribution in [1.29, 1.82) is 0 Å². The van der Waals surface area contributed by atoms with E-state index in [1.165, 1.54) is 89.9 Å². The monoisotopic (exact) mass is 943 g/mol. The molecule has 0 rings (SSSR count). The summed E-state index contributed by atoms with van der Waals surface area (Å²) >= 11 is 0. The molecule has 0 aliphatic carbocycles. The summed E-state index contributed by atoms with van der Waals surface area (Å²) in [6.45, 7) is 4.23. The zero-order valence-electron chi connectivity index (χ0n) is 42.6. The van der Waals surface area contributed by atoms with Gasteiger partial charge in [-0.1, -0.05) is 188 Å². The fourth-order valence-electron chi connectivity index (χ4n) is 6.59. The molecule has 0 aliphatic rings. The molecule has 0 aromatic carbocycles. The van der Waals surface area contributed by atoms with Gasteiger partial charge in [0.2, 0.25) is 0 Å². The van der Waals surface area contributed by atoms with Crippen LogP contribution in [-0.4, -0.2) is 74.9 Å². The number of carbonyl (C=O) groups is 2. The summed E-state index contributed by atoms with van der Waals surface area (Å²) in [7, 11) is 1.43. The maximum absolute atomic E-state index is 12.7. The molecule has 0 heterocycles. The van der Waals surface area contributed by atoms with E-state index in [4.69, 9.17) is 18.5 Å². The van der Waals surface area contributed by atoms with Crippen LogP contribution in [0.25, 0.3) is 0 Å². The molecule has 0 fully saturated rings. The predicted molar refractivity (Wildman–Crippen MR) is 279 cm³/mol. The van der Waals surface area contributed by atoms with E-state index in [1.54, 1.807) is 0 Å². The first-order chi connectivity index (χ1) is 32.0. The van der Waals surface area contributed by atoms with Crippen LogP contribution in [0.2, 0.25) is 0 Å². The average Bonchev–Trinajstić information content (AvgIpc) is 3.27. The lowest BCUT2D eigenvalue weighted by atomic mass is 10.1. The Bertz CT molecular complexity index is 1440. The number of unbranched alkanes of at least 4 members (excludes halogenated alkanes) is 16. The van der Waals surface area contributed by atoms with Crippen LogP contribution in [0, 0.1) is 0 Å². The second-order valence-electron chi connectivity index (χ2n) is 18.2. The first-order valence-corrected chi connectivity index (χ1v) is 27.5. The summed E-state index contributed by atoms with van der Waals surface area (Å²) in [6, 6.07) is 0. The van der Waals surface area contributed by atoms with Crippen LogP contribution in [0.4, 0.5) is 0 Å². The smallest absolute Gasteiger partial charge is 0.462 e. The molecule has 0 amide bonds. The highest BCUT2D eigenvalue weighted by Crippen LogP contribution is 2.43. The summed E-state index contributed by atoms with van der Waals surface area (Å²) in [5, 5.41) is 0. The van der Waals surface area contributed by atoms with Gasteiger partial charge in [0.25, 0.3) is 0 Å². The minimum absolute atomic E-state index is 0.0155. The Morgan fingerprint density at radius 3 is 1.35 bits per heavy atom. The Kier molecular flexibility index (Phi) is 44.8. The Hall–Kier alpha value is -3.07. The number of quaternary nitrogens is 1. The lowest BCUT2D eigenvalue weighted by molar-refractivity contribution is -0.870. The van der Waals surface area contributed by atoms with Crippen molar-refractivity contribution in [3.05, 3.63) is 97.2 Å². The van der Waals surface area contributed by atoms with Crippen molar-refractivity contribution in [3.63, 3.8) is 0 Å². The van der Waals surface area contributed by atoms with E-state index in [9.17, 15) is 19.0 Å². The number of ether oxygens (including phenoxy) is 2. The molecule has 66 heavy (non-hydrogen) atoms. The van der Waals surface area contributed by atoms with Crippen LogP contribution in [0.5, 0.6) is 0 Å². The Labute approximate surface area is 404 Å². The van der Waals surface area contributed by atoms with Gasteiger partial charge in [-0.05, 0) is 89.9 Å². The number of nitrogens with zero attached hydrogens (tertiary/aromatic N) is 1. The Morgan fingerprint density at radius 1 is 0.485 bits per heavy atom. The lowest BCUT2D eigenvalue weighted by Gasteiger charge is -2.24. The number of allylic oxidation sites excluding steroid dienone is 16. The third-order valence-corrected chi connectivity index (χ3v) is 11.6. The molecule has 2 atom stereocenters. The standard InChI is InChI=1S/C56H96NO8P/c1-6-8-10-12-14-16-18-20-22-24-26-27-28-29-31-33-35-37-39-41-43-45-47-49-56(59)65-54(53-64-66(60,61)63-51-50-57(3,4)5)52-62-55(58)48-46-44-42-40-38-36-34-32-30-25-23-21-19-17-15-13-11-9-7-2/h8,10,14,16,20-23,26-27,29,31,35,37,41,43,54H,6-7,9,11-13,15,17-19,24-25,28,30,32-34,36,38-40,42,44-53H2,1-5H3/p+1/b10-8-,16-14-,22-20-,23-21-,27-26-,31-29-,37-35-,43-41-. The van der Waals surface area contributed by atoms with Crippen molar-refractivity contribution in [2.75, 3.05) is 47.5 Å². The normalized spacial score (nSPS) is 14.2. The van der Waals surface area contributed by atoms with Crippen LogP contribution in [-0.2, 0) is 32.7 Å². The van der Waals surface area contributed by atoms with Gasteiger partial charge in [0, 0.05) is 12.8 Å². The van der Waals surface area contributed by atoms with E-state index in [1.807, 2.05) is 27.2 Å². The molecule has 0 saturated heterocycles. The number of likely N-dealkylation sites (N-methyl/N-ethyl adjacent to an activating group) is 1. The van der Waals surface area contributed by atoms with Gasteiger partial charge in [-0.15, -0.1) is 0 Å². The lowest BCUT2D eigenvalue weighted by Crippen LogP contribution is -2.37. The van der Waals surface area contributed by atoms with Crippen molar-refractivity contribution in [3.8, 4) is 0 Å². The van der Waals surface area contributed by atoms with Gasteiger partial charge in [-0.25, -0.2) is 4.57 Å². The SMILES string of the molecule is CC/C=C\C/C=C\C/C=C\C/C=C\C/C=C\C/C=C\C/C=C\CCCC(=O)OC(COC(=O)CCCCCCCCCCC/C=C\CCCCCCCC)COP(=O)(O)OCC[N+](C)(C)C. The topological polar surface area (TPSA) is 108 Å². The fourth-order valence-corrected chi connectivity index (χ4v) is 7.33. The molecule has 378 valence electrons. The first kappa shape index (κ1) is 62.9. The van der Waals surface area contributed by atoms with E-state index in [0.29, 0.717) is 23.9 Å². The summed E-state index contributed by atoms with van der Waals surface area (Å²) in [5.41, 5.74) is 0. The number of esters is 2. The maximum Gasteiger partial charge on any atom is 0.472 e. The highest BCUT2D eigenvalue weighted by molar-refractivity contribution is 7.47. The molecule has 0 spiro atoms. The van der Waals surface area contributed by atoms with E-state index in [0.717, 1.165) is 64.2 Å². The van der Waals surface area contributed by atoms with Gasteiger partial charge in [-0.2, -0.15) is 0 Å². The molecule has 0 aromatic rings. The fraction of sp³-hybridized carbons (Fsp3) is 0.679. The molecular formula is C56H97NO8P+. The van der Waals surface area contributed by atoms with Crippen LogP contribution < -0.4 is 0 Å². The van der Waals surface area contributed by atoms with Gasteiger partial charge in [-0.3, -0.25) is 18.6 Å². The molecule has 0 aromatic heterocycles. The zero-order chi connectivity index (χ0) is 48.5. The Morgan fingerprint density at radius 2 is 0.879 bits per heavy atom. The third kappa shape index (κ3) is 50.3. The van der Waals surface area contributed by atoms with Gasteiger partial charge < -0.3 is 18.9 Å². The molecule has 1 N–H and O–H groups in total. The third-order valence-electron chi connectivity index (χ3n) is 10.6. The molecule has 0 aliphatic heterocycles. The number of rotatable bonds is 46. The van der Waals surface area contributed by atoms with Crippen LogP contribution in [0.1, 0.15) is 194 Å². The number of hydrogen-bond donors (Lipinski definition) is 1. The van der Waals surface area contributed by atoms with Crippen molar-refractivity contribution >= 4 is 19.8 Å². The largest absolute Gasteiger partial charge is 0.472 e. The molecular weight excluding hydrogens is 846 g/mol. The van der Waals surface area contributed by atoms with Crippen LogP contribution in [0.15, 0.2) is 97.2 Å². The second kappa shape index (κ2) is 47.0. The van der Waals surface area contributed by atoms with Crippen molar-refractivity contribution < 1.29 is 42.1 Å². The average molecular weight is 943 g/mol. The summed E-state index contributed by atoms with van der Waals surface area (Å²) < 4.78 is 34.4. The van der Waals surface area contributed by atoms with Crippen molar-refractivity contribution in [2.24, 2.45) is 0 Å². The second-order valence-corrected chi connectivity index (χ2v) is 19.6. The Balaban J connectivity index is 4.39. The van der Waals surface area contributed by atoms with Crippen molar-refractivity contribution in [2.45, 2.75) is 200 Å². The van der Waals surface area contributed by atoms with E-state index in [2.05, 4.69) is 105 Å². The first-order valence-electron chi connectivity index (χ1n) is 26.0. The van der Waals surface area contributed by atoms with E-state index < -0.39 is 26.5 Å². The summed E-state index contributed by atoms with van der Waals surface area (Å²) in [4.78, 5) is 35.5. The highest BCUT2D eigenvalue weighted by Gasteiger charge is 2.27. The van der Waals surface area contributed by atoms with Gasteiger partial charge >= 0.3 is 19.8 Å². The number of carbonyl (C=O) groups excluding carboxylic acids is 2. The van der Waals surface area contributed by atoms with Gasteiger partial charge in [0.1, 0.15) is 19.8 Å². The van der Waals surface area contributed by atoms with E-state index >= 15 is 0 Å². The zero-order valence-corrected chi connectivity index (χ0v) is 43.5. The number of phosphoric acid groups is 1. The minimum atomic E-state index is -4.40. The van der Waals surface area contributed by atoms with Gasteiger partial charge in [0.15, 0.2) is 6.10 Å². The highest BCUT2D eigenvalue weighted by atomic mass is 31.2. The molecule has 0 bridgehead atoms. The maximum atomic E-state index is 12.7. The van der Waals surface area contributed by atoms with Crippen molar-refractivity contribution in [1.82, 2.24) is 0 Å². The molecule has 0 radical (unpaired) electrons. The van der Waals surface area contributed by atoms with E-state index in [-0.39, 0.29) is 32.0 Å². The summed E-state index contributed by atoms with van der Waals surface area (Å²) in [5.74, 6) is -0.875. The molecule has 10 heteroatoms. The van der Waals surface area contributed by atoms with Crippen LogP contribution >= 0.6 is 7.82 Å². The summed E-state index contributed by atoms with van der Waals surface area (Å²) in [6.07, 6.45) is 63.3. The van der Waals surface area contributed by atoms with Crippen LogP contribution in [0.3, 0.4) is 0 Å². The molecule has 0 saturated carbocycles.